The largest absolute Gasteiger partial charge is 0.460 e. The Morgan fingerprint density at radius 2 is 1.43 bits per heavy atom. The van der Waals surface area contributed by atoms with Crippen LogP contribution in [-0.2, 0) is 19.0 Å². The summed E-state index contributed by atoms with van der Waals surface area (Å²) in [5.74, 6) is -0.0988. The van der Waals surface area contributed by atoms with E-state index < -0.39 is 0 Å². The van der Waals surface area contributed by atoms with E-state index in [0.717, 1.165) is 44.9 Å². The molecule has 1 N–H and O–H groups in total. The van der Waals surface area contributed by atoms with Crippen LogP contribution in [0.5, 0.6) is 0 Å². The van der Waals surface area contributed by atoms with E-state index in [4.69, 9.17) is 14.2 Å². The lowest BCUT2D eigenvalue weighted by Gasteiger charge is -2.24. The predicted octanol–water partition coefficient (Wildman–Crippen LogP) is 4.68. The van der Waals surface area contributed by atoms with Crippen LogP contribution in [0.3, 0.4) is 0 Å². The quantitative estimate of drug-likeness (QED) is 0.383. The number of esters is 1. The number of rotatable bonds is 12. The fraction of sp³-hybridized carbons (Fsp3) is 0.957. The molecule has 0 spiro atoms. The van der Waals surface area contributed by atoms with E-state index in [1.54, 1.807) is 0 Å². The van der Waals surface area contributed by atoms with E-state index >= 15 is 0 Å². The van der Waals surface area contributed by atoms with E-state index in [9.17, 15) is 9.90 Å². The lowest BCUT2D eigenvalue weighted by atomic mass is 10.0. The summed E-state index contributed by atoms with van der Waals surface area (Å²) >= 11 is 0. The Balaban J connectivity index is 1.27. The first kappa shape index (κ1) is 22.0. The first-order valence-corrected chi connectivity index (χ1v) is 11.9. The van der Waals surface area contributed by atoms with Crippen LogP contribution < -0.4 is 0 Å². The lowest BCUT2D eigenvalue weighted by Crippen LogP contribution is -2.33. The summed E-state index contributed by atoms with van der Waals surface area (Å²) in [6.45, 7) is 2.25. The molecule has 0 unspecified atom stereocenters. The highest BCUT2D eigenvalue weighted by molar-refractivity contribution is 5.71. The maximum atomic E-state index is 11.3. The molecule has 0 radical (unpaired) electrons. The molecule has 3 aliphatic rings. The Morgan fingerprint density at radius 3 is 2.11 bits per heavy atom. The molecule has 0 bridgehead atoms. The zero-order chi connectivity index (χ0) is 19.8. The monoisotopic (exact) mass is 396 g/mol. The second-order valence-corrected chi connectivity index (χ2v) is 8.98. The average molecular weight is 397 g/mol. The normalized spacial score (nSPS) is 34.1. The van der Waals surface area contributed by atoms with Crippen LogP contribution in [0.2, 0.25) is 0 Å². The molecule has 3 rings (SSSR count). The van der Waals surface area contributed by atoms with Gasteiger partial charge in [-0.3, -0.25) is 4.79 Å². The van der Waals surface area contributed by atoms with Crippen molar-refractivity contribution in [1.82, 2.24) is 0 Å². The third kappa shape index (κ3) is 6.43. The summed E-state index contributed by atoms with van der Waals surface area (Å²) in [5.41, 5.74) is 0. The third-order valence-corrected chi connectivity index (χ3v) is 6.70. The van der Waals surface area contributed by atoms with E-state index in [0.29, 0.717) is 6.42 Å². The summed E-state index contributed by atoms with van der Waals surface area (Å²) in [6, 6.07) is 0. The molecule has 3 fully saturated rings. The summed E-state index contributed by atoms with van der Waals surface area (Å²) in [5, 5.41) is 10.5. The number of aliphatic hydroxyl groups excluding tert-OH is 1. The molecule has 5 nitrogen and oxygen atoms in total. The van der Waals surface area contributed by atoms with Crippen molar-refractivity contribution in [3.05, 3.63) is 0 Å². The van der Waals surface area contributed by atoms with Gasteiger partial charge in [0, 0.05) is 6.42 Å². The van der Waals surface area contributed by atoms with Crippen molar-refractivity contribution in [3.8, 4) is 0 Å². The van der Waals surface area contributed by atoms with Crippen LogP contribution in [0.15, 0.2) is 0 Å². The van der Waals surface area contributed by atoms with Crippen molar-refractivity contribution in [1.29, 1.82) is 0 Å². The summed E-state index contributed by atoms with van der Waals surface area (Å²) in [6.07, 6.45) is 16.0. The van der Waals surface area contributed by atoms with Gasteiger partial charge in [-0.05, 0) is 38.5 Å². The Morgan fingerprint density at radius 1 is 0.821 bits per heavy atom. The van der Waals surface area contributed by atoms with Crippen LogP contribution in [0.4, 0.5) is 0 Å². The second-order valence-electron chi connectivity index (χ2n) is 8.98. The third-order valence-electron chi connectivity index (χ3n) is 6.70. The summed E-state index contributed by atoms with van der Waals surface area (Å²) in [7, 11) is 0. The van der Waals surface area contributed by atoms with E-state index in [2.05, 4.69) is 6.92 Å². The van der Waals surface area contributed by atoms with E-state index in [-0.39, 0.29) is 42.6 Å². The van der Waals surface area contributed by atoms with Crippen LogP contribution in [0, 0.1) is 0 Å². The SMILES string of the molecule is CCCCCCCCCC[C@@H](O)[C@H]1CC[C@H]([C@H]2CC[C@H]([C@H]3CCC(=O)O3)O2)O1. The Labute approximate surface area is 170 Å². The molecule has 0 aromatic rings. The molecule has 5 heteroatoms. The van der Waals surface area contributed by atoms with Gasteiger partial charge in [0.2, 0.25) is 0 Å². The van der Waals surface area contributed by atoms with Gasteiger partial charge in [0.25, 0.3) is 0 Å². The molecular formula is C23H40O5. The van der Waals surface area contributed by atoms with Crippen molar-refractivity contribution < 1.29 is 24.1 Å². The molecule has 0 aliphatic carbocycles. The second kappa shape index (κ2) is 11.5. The summed E-state index contributed by atoms with van der Waals surface area (Å²) in [4.78, 5) is 11.3. The van der Waals surface area contributed by atoms with E-state index in [1.165, 1.54) is 44.9 Å². The van der Waals surface area contributed by atoms with Gasteiger partial charge >= 0.3 is 5.97 Å². The van der Waals surface area contributed by atoms with Gasteiger partial charge in [-0.1, -0.05) is 58.3 Å². The number of ether oxygens (including phenoxy) is 3. The highest BCUT2D eigenvalue weighted by atomic mass is 16.6. The van der Waals surface area contributed by atoms with Crippen LogP contribution in [0.25, 0.3) is 0 Å². The molecular weight excluding hydrogens is 356 g/mol. The molecule has 3 aliphatic heterocycles. The topological polar surface area (TPSA) is 65.0 Å². The van der Waals surface area contributed by atoms with Crippen molar-refractivity contribution in [2.75, 3.05) is 0 Å². The Hall–Kier alpha value is -0.650. The Kier molecular flexibility index (Phi) is 9.06. The number of carbonyl (C=O) groups is 1. The predicted molar refractivity (Wildman–Crippen MR) is 108 cm³/mol. The standard InChI is InChI=1S/C23H40O5/c1-2-3-4-5-6-7-8-9-10-17(24)18-11-12-19(26-18)20-13-14-21(27-20)22-15-16-23(25)28-22/h17-22,24H,2-16H2,1H3/t17-,18-,19-,20-,21-,22-/m1/s1. The molecule has 28 heavy (non-hydrogen) atoms. The Bertz CT molecular complexity index is 468. The van der Waals surface area contributed by atoms with Gasteiger partial charge in [-0.2, -0.15) is 0 Å². The molecule has 0 saturated carbocycles. The highest BCUT2D eigenvalue weighted by Gasteiger charge is 2.43. The van der Waals surface area contributed by atoms with Crippen molar-refractivity contribution in [3.63, 3.8) is 0 Å². The minimum absolute atomic E-state index is 0.0290. The number of hydrogen-bond acceptors (Lipinski definition) is 5. The molecule has 6 atom stereocenters. The zero-order valence-electron chi connectivity index (χ0n) is 17.7. The molecule has 162 valence electrons. The van der Waals surface area contributed by atoms with Gasteiger partial charge in [-0.25, -0.2) is 0 Å². The van der Waals surface area contributed by atoms with Gasteiger partial charge in [0.05, 0.1) is 30.5 Å². The zero-order valence-corrected chi connectivity index (χ0v) is 17.7. The number of unbranched alkanes of at least 4 members (excludes halogenated alkanes) is 7. The first-order chi connectivity index (χ1) is 13.7. The van der Waals surface area contributed by atoms with Gasteiger partial charge in [0.1, 0.15) is 6.10 Å². The number of cyclic esters (lactones) is 1. The minimum Gasteiger partial charge on any atom is -0.460 e. The average Bonchev–Trinajstić information content (AvgIpc) is 3.43. The highest BCUT2D eigenvalue weighted by Crippen LogP contribution is 2.36. The van der Waals surface area contributed by atoms with Crippen LogP contribution in [-0.4, -0.2) is 47.7 Å². The minimum atomic E-state index is -0.349. The smallest absolute Gasteiger partial charge is 0.306 e. The maximum Gasteiger partial charge on any atom is 0.306 e. The summed E-state index contributed by atoms with van der Waals surface area (Å²) < 4.78 is 17.7. The molecule has 0 aromatic carbocycles. The number of hydrogen-bond donors (Lipinski definition) is 1. The number of aliphatic hydroxyl groups is 1. The van der Waals surface area contributed by atoms with Gasteiger partial charge in [0.15, 0.2) is 0 Å². The van der Waals surface area contributed by atoms with Gasteiger partial charge < -0.3 is 19.3 Å². The van der Waals surface area contributed by atoms with E-state index in [1.807, 2.05) is 0 Å². The van der Waals surface area contributed by atoms with Crippen molar-refractivity contribution >= 4 is 5.97 Å². The molecule has 3 saturated heterocycles. The molecule has 3 heterocycles. The van der Waals surface area contributed by atoms with Crippen molar-refractivity contribution in [2.45, 2.75) is 140 Å². The van der Waals surface area contributed by atoms with Crippen molar-refractivity contribution in [2.24, 2.45) is 0 Å². The number of carbonyl (C=O) groups excluding carboxylic acids is 1. The fourth-order valence-electron chi connectivity index (χ4n) is 4.96. The van der Waals surface area contributed by atoms with Crippen LogP contribution in [0.1, 0.15) is 103 Å². The fourth-order valence-corrected chi connectivity index (χ4v) is 4.96. The lowest BCUT2D eigenvalue weighted by molar-refractivity contribution is -0.149. The first-order valence-electron chi connectivity index (χ1n) is 11.9. The molecule has 0 aromatic heterocycles. The van der Waals surface area contributed by atoms with Gasteiger partial charge in [-0.15, -0.1) is 0 Å². The van der Waals surface area contributed by atoms with Crippen LogP contribution >= 0.6 is 0 Å². The maximum absolute atomic E-state index is 11.3. The molecule has 0 amide bonds.